The lowest BCUT2D eigenvalue weighted by Crippen LogP contribution is -2.33. The van der Waals surface area contributed by atoms with Crippen LogP contribution in [0.3, 0.4) is 0 Å². The fraction of sp³-hybridized carbons (Fsp3) is 0.429. The Morgan fingerprint density at radius 2 is 1.79 bits per heavy atom. The van der Waals surface area contributed by atoms with Crippen molar-refractivity contribution in [2.45, 2.75) is 20.3 Å². The molecule has 0 aromatic heterocycles. The van der Waals surface area contributed by atoms with E-state index in [0.717, 1.165) is 5.56 Å². The number of anilines is 1. The molecule has 0 spiro atoms. The summed E-state index contributed by atoms with van der Waals surface area (Å²) >= 11 is 0. The largest absolute Gasteiger partial charge is 0.369 e. The average molecular weight is 263 g/mol. The number of hydrogen-bond acceptors (Lipinski definition) is 3. The molecule has 0 aliphatic carbocycles. The third kappa shape index (κ3) is 4.71. The van der Waals surface area contributed by atoms with Crippen LogP contribution in [0.15, 0.2) is 24.3 Å². The monoisotopic (exact) mass is 263 g/mol. The zero-order chi connectivity index (χ0) is 14.4. The van der Waals surface area contributed by atoms with Crippen LogP contribution in [-0.4, -0.2) is 18.4 Å². The van der Waals surface area contributed by atoms with Crippen LogP contribution in [0.25, 0.3) is 0 Å². The van der Waals surface area contributed by atoms with Gasteiger partial charge in [0.2, 0.25) is 11.8 Å². The molecule has 0 radical (unpaired) electrons. The molecular weight excluding hydrogens is 242 g/mol. The molecule has 1 atom stereocenters. The van der Waals surface area contributed by atoms with Crippen LogP contribution in [0.5, 0.6) is 0 Å². The van der Waals surface area contributed by atoms with E-state index in [0.29, 0.717) is 12.2 Å². The van der Waals surface area contributed by atoms with Gasteiger partial charge in [0.25, 0.3) is 0 Å². The van der Waals surface area contributed by atoms with Crippen molar-refractivity contribution in [2.75, 3.05) is 11.9 Å². The maximum Gasteiger partial charge on any atom is 0.229 e. The molecule has 1 aromatic carbocycles. The van der Waals surface area contributed by atoms with Gasteiger partial charge < -0.3 is 16.8 Å². The fourth-order valence-electron chi connectivity index (χ4n) is 1.82. The van der Waals surface area contributed by atoms with Crippen LogP contribution in [0.4, 0.5) is 5.69 Å². The van der Waals surface area contributed by atoms with E-state index in [1.807, 2.05) is 13.8 Å². The minimum absolute atomic E-state index is 0.0832. The smallest absolute Gasteiger partial charge is 0.229 e. The van der Waals surface area contributed by atoms with Crippen LogP contribution in [-0.2, 0) is 16.0 Å². The highest BCUT2D eigenvalue weighted by atomic mass is 16.2. The van der Waals surface area contributed by atoms with Crippen molar-refractivity contribution in [3.63, 3.8) is 0 Å². The summed E-state index contributed by atoms with van der Waals surface area (Å²) in [4.78, 5) is 22.8. The van der Waals surface area contributed by atoms with Crippen molar-refractivity contribution in [3.05, 3.63) is 29.8 Å². The van der Waals surface area contributed by atoms with Crippen LogP contribution in [0.1, 0.15) is 19.4 Å². The van der Waals surface area contributed by atoms with Gasteiger partial charge in [-0.1, -0.05) is 26.0 Å². The van der Waals surface area contributed by atoms with E-state index in [-0.39, 0.29) is 30.1 Å². The van der Waals surface area contributed by atoms with Crippen molar-refractivity contribution >= 4 is 17.5 Å². The summed E-state index contributed by atoms with van der Waals surface area (Å²) in [5, 5.41) is 2.82. The van der Waals surface area contributed by atoms with E-state index in [9.17, 15) is 9.59 Å². The first-order valence-electron chi connectivity index (χ1n) is 6.32. The zero-order valence-corrected chi connectivity index (χ0v) is 11.3. The van der Waals surface area contributed by atoms with Gasteiger partial charge in [-0.25, -0.2) is 0 Å². The zero-order valence-electron chi connectivity index (χ0n) is 11.3. The Morgan fingerprint density at radius 1 is 1.21 bits per heavy atom. The van der Waals surface area contributed by atoms with Crippen molar-refractivity contribution in [2.24, 2.45) is 23.3 Å². The minimum Gasteiger partial charge on any atom is -0.369 e. The molecule has 5 heteroatoms. The average Bonchev–Trinajstić information content (AvgIpc) is 2.31. The standard InChI is InChI=1S/C14H21N3O2/c1-9(2)12(8-15)14(19)17-11-5-3-10(4-6-11)7-13(16)18/h3-6,9,12H,7-8,15H2,1-2H3,(H2,16,18)(H,17,19). The van der Waals surface area contributed by atoms with Crippen LogP contribution >= 0.6 is 0 Å². The highest BCUT2D eigenvalue weighted by molar-refractivity contribution is 5.92. The van der Waals surface area contributed by atoms with Gasteiger partial charge >= 0.3 is 0 Å². The van der Waals surface area contributed by atoms with Crippen LogP contribution < -0.4 is 16.8 Å². The quantitative estimate of drug-likeness (QED) is 0.710. The van der Waals surface area contributed by atoms with E-state index in [1.165, 1.54) is 0 Å². The van der Waals surface area contributed by atoms with Crippen molar-refractivity contribution in [1.82, 2.24) is 0 Å². The summed E-state index contributed by atoms with van der Waals surface area (Å²) < 4.78 is 0. The molecule has 0 heterocycles. The molecule has 0 saturated carbocycles. The predicted molar refractivity (Wildman–Crippen MR) is 75.4 cm³/mol. The first-order chi connectivity index (χ1) is 8.93. The molecule has 1 rings (SSSR count). The highest BCUT2D eigenvalue weighted by Crippen LogP contribution is 2.15. The van der Waals surface area contributed by atoms with Gasteiger partial charge in [-0.2, -0.15) is 0 Å². The van der Waals surface area contributed by atoms with Crippen molar-refractivity contribution in [1.29, 1.82) is 0 Å². The second-order valence-corrected chi connectivity index (χ2v) is 4.92. The number of primary amides is 1. The molecule has 1 aromatic rings. The van der Waals surface area contributed by atoms with E-state index >= 15 is 0 Å². The Kier molecular flexibility index (Phi) is 5.51. The van der Waals surface area contributed by atoms with Gasteiger partial charge in [0.05, 0.1) is 12.3 Å². The molecule has 0 saturated heterocycles. The lowest BCUT2D eigenvalue weighted by Gasteiger charge is -2.18. The second kappa shape index (κ2) is 6.89. The van der Waals surface area contributed by atoms with E-state index in [1.54, 1.807) is 24.3 Å². The summed E-state index contributed by atoms with van der Waals surface area (Å²) in [6, 6.07) is 7.05. The van der Waals surface area contributed by atoms with Crippen molar-refractivity contribution < 1.29 is 9.59 Å². The van der Waals surface area contributed by atoms with Gasteiger partial charge in [0.15, 0.2) is 0 Å². The maximum absolute atomic E-state index is 12.0. The number of hydrogen-bond donors (Lipinski definition) is 3. The Hall–Kier alpha value is -1.88. The van der Waals surface area contributed by atoms with Gasteiger partial charge in [-0.05, 0) is 23.6 Å². The Labute approximate surface area is 113 Å². The van der Waals surface area contributed by atoms with Gasteiger partial charge in [0, 0.05) is 12.2 Å². The molecule has 0 fully saturated rings. The molecule has 0 aliphatic heterocycles. The molecule has 0 aliphatic rings. The number of nitrogens with one attached hydrogen (secondary N) is 1. The lowest BCUT2D eigenvalue weighted by atomic mass is 9.95. The van der Waals surface area contributed by atoms with Crippen LogP contribution in [0.2, 0.25) is 0 Å². The molecular formula is C14H21N3O2. The number of nitrogens with two attached hydrogens (primary N) is 2. The van der Waals surface area contributed by atoms with Crippen LogP contribution in [0, 0.1) is 11.8 Å². The van der Waals surface area contributed by atoms with Gasteiger partial charge in [-0.15, -0.1) is 0 Å². The summed E-state index contributed by atoms with van der Waals surface area (Å²) in [5.74, 6) is -0.468. The van der Waals surface area contributed by atoms with E-state index in [4.69, 9.17) is 11.5 Å². The highest BCUT2D eigenvalue weighted by Gasteiger charge is 2.20. The number of amides is 2. The topological polar surface area (TPSA) is 98.2 Å². The van der Waals surface area contributed by atoms with E-state index < -0.39 is 0 Å². The number of benzene rings is 1. The molecule has 19 heavy (non-hydrogen) atoms. The summed E-state index contributed by atoms with van der Waals surface area (Å²) in [7, 11) is 0. The Balaban J connectivity index is 2.67. The molecule has 2 amide bonds. The Bertz CT molecular complexity index is 441. The van der Waals surface area contributed by atoms with Crippen molar-refractivity contribution in [3.8, 4) is 0 Å². The molecule has 0 bridgehead atoms. The molecule has 5 nitrogen and oxygen atoms in total. The minimum atomic E-state index is -0.375. The second-order valence-electron chi connectivity index (χ2n) is 4.92. The third-order valence-corrected chi connectivity index (χ3v) is 3.00. The third-order valence-electron chi connectivity index (χ3n) is 3.00. The van der Waals surface area contributed by atoms with Gasteiger partial charge in [0.1, 0.15) is 0 Å². The maximum atomic E-state index is 12.0. The fourth-order valence-corrected chi connectivity index (χ4v) is 1.82. The summed E-state index contributed by atoms with van der Waals surface area (Å²) in [5.41, 5.74) is 12.2. The predicted octanol–water partition coefficient (Wildman–Crippen LogP) is 0.884. The SMILES string of the molecule is CC(C)C(CN)C(=O)Nc1ccc(CC(N)=O)cc1. The molecule has 1 unspecified atom stereocenters. The summed E-state index contributed by atoms with van der Waals surface area (Å²) in [6.07, 6.45) is 0.200. The number of carbonyl (C=O) groups excluding carboxylic acids is 2. The summed E-state index contributed by atoms with van der Waals surface area (Å²) in [6.45, 7) is 4.25. The first kappa shape index (κ1) is 15.2. The number of carbonyl (C=O) groups is 2. The Morgan fingerprint density at radius 3 is 2.21 bits per heavy atom. The first-order valence-corrected chi connectivity index (χ1v) is 6.32. The number of rotatable bonds is 6. The normalized spacial score (nSPS) is 12.2. The van der Waals surface area contributed by atoms with E-state index in [2.05, 4.69) is 5.32 Å². The van der Waals surface area contributed by atoms with Gasteiger partial charge in [-0.3, -0.25) is 9.59 Å². The lowest BCUT2D eigenvalue weighted by molar-refractivity contribution is -0.121. The molecule has 104 valence electrons. The molecule has 5 N–H and O–H groups in total.